The van der Waals surface area contributed by atoms with Crippen LogP contribution in [0.15, 0.2) is 42.6 Å². The lowest BCUT2D eigenvalue weighted by molar-refractivity contribution is 0.0600. The summed E-state index contributed by atoms with van der Waals surface area (Å²) in [6.45, 7) is 0.695. The van der Waals surface area contributed by atoms with Crippen molar-refractivity contribution < 1.29 is 9.53 Å². The molecule has 0 amide bonds. The zero-order valence-electron chi connectivity index (χ0n) is 12.0. The number of hydrogen-bond donors (Lipinski definition) is 1. The smallest absolute Gasteiger partial charge is 0.339 e. The summed E-state index contributed by atoms with van der Waals surface area (Å²) in [7, 11) is 1.37. The summed E-state index contributed by atoms with van der Waals surface area (Å²) in [5.41, 5.74) is 4.23. The van der Waals surface area contributed by atoms with Gasteiger partial charge in [0.2, 0.25) is 0 Å². The molecule has 0 aliphatic heterocycles. The third kappa shape index (κ3) is 2.95. The lowest BCUT2D eigenvalue weighted by Gasteiger charge is -2.13. The molecule has 1 aromatic heterocycles. The fraction of sp³-hybridized carbons (Fsp3) is 0.294. The van der Waals surface area contributed by atoms with Crippen molar-refractivity contribution in [3.8, 4) is 0 Å². The normalized spacial score (nSPS) is 16.5. The lowest BCUT2D eigenvalue weighted by atomic mass is 10.1. The largest absolute Gasteiger partial charge is 0.465 e. The van der Waals surface area contributed by atoms with Crippen LogP contribution in [0.5, 0.6) is 0 Å². The highest BCUT2D eigenvalue weighted by molar-refractivity contribution is 5.88. The number of rotatable bonds is 4. The summed E-state index contributed by atoms with van der Waals surface area (Å²) >= 11 is 0. The average Bonchev–Trinajstić information content (AvgIpc) is 2.96. The molecule has 108 valence electrons. The van der Waals surface area contributed by atoms with E-state index in [0.717, 1.165) is 18.5 Å². The van der Waals surface area contributed by atoms with Crippen LogP contribution in [0.1, 0.15) is 39.6 Å². The van der Waals surface area contributed by atoms with E-state index in [1.807, 2.05) is 6.07 Å². The molecule has 0 radical (unpaired) electrons. The number of pyridine rings is 1. The van der Waals surface area contributed by atoms with Gasteiger partial charge in [0, 0.05) is 18.8 Å². The molecule has 1 aliphatic rings. The number of methoxy groups -OCH3 is 1. The third-order valence-electron chi connectivity index (χ3n) is 3.91. The van der Waals surface area contributed by atoms with Crippen molar-refractivity contribution in [3.63, 3.8) is 0 Å². The predicted molar refractivity (Wildman–Crippen MR) is 79.9 cm³/mol. The molecule has 1 aliphatic carbocycles. The number of benzene rings is 1. The van der Waals surface area contributed by atoms with Crippen LogP contribution >= 0.6 is 0 Å². The summed E-state index contributed by atoms with van der Waals surface area (Å²) in [6.07, 6.45) is 3.81. The number of aryl methyl sites for hydroxylation is 1. The van der Waals surface area contributed by atoms with Crippen molar-refractivity contribution in [2.45, 2.75) is 25.4 Å². The molecule has 4 heteroatoms. The zero-order valence-corrected chi connectivity index (χ0v) is 12.0. The first kappa shape index (κ1) is 13.8. The fourth-order valence-electron chi connectivity index (χ4n) is 2.76. The quantitative estimate of drug-likeness (QED) is 0.876. The summed E-state index contributed by atoms with van der Waals surface area (Å²) in [5, 5.41) is 3.54. The monoisotopic (exact) mass is 282 g/mol. The first-order valence-corrected chi connectivity index (χ1v) is 7.12. The van der Waals surface area contributed by atoms with Crippen molar-refractivity contribution in [3.05, 3.63) is 65.0 Å². The van der Waals surface area contributed by atoms with Crippen molar-refractivity contribution in [1.82, 2.24) is 10.3 Å². The molecule has 1 aromatic carbocycles. The third-order valence-corrected chi connectivity index (χ3v) is 3.91. The number of nitrogens with zero attached hydrogens (tertiary/aromatic N) is 1. The number of carbonyl (C=O) groups excluding carboxylic acids is 1. The molecular weight excluding hydrogens is 264 g/mol. The molecule has 0 bridgehead atoms. The maximum atomic E-state index is 11.4. The first-order valence-electron chi connectivity index (χ1n) is 7.12. The molecule has 21 heavy (non-hydrogen) atoms. The number of aromatic nitrogens is 1. The number of nitrogens with one attached hydrogen (secondary N) is 1. The van der Waals surface area contributed by atoms with Crippen molar-refractivity contribution in [1.29, 1.82) is 0 Å². The van der Waals surface area contributed by atoms with E-state index >= 15 is 0 Å². The molecule has 3 rings (SSSR count). The maximum absolute atomic E-state index is 11.4. The van der Waals surface area contributed by atoms with Crippen molar-refractivity contribution in [2.24, 2.45) is 0 Å². The number of hydrogen-bond acceptors (Lipinski definition) is 4. The molecule has 0 saturated carbocycles. The van der Waals surface area contributed by atoms with Gasteiger partial charge in [-0.15, -0.1) is 0 Å². The highest BCUT2D eigenvalue weighted by Gasteiger charge is 2.21. The van der Waals surface area contributed by atoms with Gasteiger partial charge >= 0.3 is 5.97 Å². The molecular formula is C17H18N2O2. The van der Waals surface area contributed by atoms with E-state index in [1.54, 1.807) is 12.3 Å². The van der Waals surface area contributed by atoms with Crippen molar-refractivity contribution >= 4 is 5.97 Å². The SMILES string of the molecule is COC(=O)c1ccc(CNC2CCc3ccccc32)nc1. The molecule has 0 saturated heterocycles. The van der Waals surface area contributed by atoms with Gasteiger partial charge in [0.1, 0.15) is 0 Å². The molecule has 1 N–H and O–H groups in total. The van der Waals surface area contributed by atoms with Gasteiger partial charge in [-0.25, -0.2) is 4.79 Å². The van der Waals surface area contributed by atoms with E-state index in [4.69, 9.17) is 0 Å². The summed E-state index contributed by atoms with van der Waals surface area (Å²) in [4.78, 5) is 15.7. The fourth-order valence-corrected chi connectivity index (χ4v) is 2.76. The molecule has 4 nitrogen and oxygen atoms in total. The van der Waals surface area contributed by atoms with E-state index in [1.165, 1.54) is 18.2 Å². The van der Waals surface area contributed by atoms with E-state index in [2.05, 4.69) is 39.3 Å². The van der Waals surface area contributed by atoms with Gasteiger partial charge in [-0.05, 0) is 36.1 Å². The van der Waals surface area contributed by atoms with Gasteiger partial charge in [0.05, 0.1) is 18.4 Å². The summed E-state index contributed by atoms with van der Waals surface area (Å²) < 4.78 is 4.66. The second-order valence-electron chi connectivity index (χ2n) is 5.20. The Hall–Kier alpha value is -2.20. The molecule has 0 spiro atoms. The highest BCUT2D eigenvalue weighted by Crippen LogP contribution is 2.30. The second-order valence-corrected chi connectivity index (χ2v) is 5.20. The van der Waals surface area contributed by atoms with Crippen LogP contribution < -0.4 is 5.32 Å². The lowest BCUT2D eigenvalue weighted by Crippen LogP contribution is -2.19. The Bertz CT molecular complexity index is 637. The van der Waals surface area contributed by atoms with Crippen molar-refractivity contribution in [2.75, 3.05) is 7.11 Å². The number of carbonyl (C=O) groups is 1. The summed E-state index contributed by atoms with van der Waals surface area (Å²) in [5.74, 6) is -0.355. The minimum atomic E-state index is -0.355. The van der Waals surface area contributed by atoms with Crippen LogP contribution in [0.2, 0.25) is 0 Å². The Morgan fingerprint density at radius 3 is 2.95 bits per heavy atom. The Morgan fingerprint density at radius 1 is 1.33 bits per heavy atom. The van der Waals surface area contributed by atoms with Gasteiger partial charge in [0.15, 0.2) is 0 Å². The number of fused-ring (bicyclic) bond motifs is 1. The number of ether oxygens (including phenoxy) is 1. The van der Waals surface area contributed by atoms with E-state index in [-0.39, 0.29) is 5.97 Å². The molecule has 2 aromatic rings. The Labute approximate surface area is 124 Å². The van der Waals surface area contributed by atoms with Crippen LogP contribution in [-0.4, -0.2) is 18.1 Å². The predicted octanol–water partition coefficient (Wildman–Crippen LogP) is 2.65. The van der Waals surface area contributed by atoms with E-state index in [0.29, 0.717) is 18.2 Å². The molecule has 1 heterocycles. The highest BCUT2D eigenvalue weighted by atomic mass is 16.5. The van der Waals surface area contributed by atoms with Crippen LogP contribution in [0.4, 0.5) is 0 Å². The second kappa shape index (κ2) is 6.06. The minimum absolute atomic E-state index is 0.355. The van der Waals surface area contributed by atoms with E-state index < -0.39 is 0 Å². The Balaban J connectivity index is 1.62. The van der Waals surface area contributed by atoms with Gasteiger partial charge in [-0.1, -0.05) is 24.3 Å². The van der Waals surface area contributed by atoms with Crippen LogP contribution in [-0.2, 0) is 17.7 Å². The average molecular weight is 282 g/mol. The summed E-state index contributed by atoms with van der Waals surface area (Å²) in [6, 6.07) is 12.6. The zero-order chi connectivity index (χ0) is 14.7. The molecule has 0 fully saturated rings. The molecule has 1 atom stereocenters. The van der Waals surface area contributed by atoms with Gasteiger partial charge < -0.3 is 10.1 Å². The minimum Gasteiger partial charge on any atom is -0.465 e. The van der Waals surface area contributed by atoms with Gasteiger partial charge in [-0.3, -0.25) is 4.98 Å². The van der Waals surface area contributed by atoms with Gasteiger partial charge in [0.25, 0.3) is 0 Å². The Morgan fingerprint density at radius 2 is 2.19 bits per heavy atom. The topological polar surface area (TPSA) is 51.2 Å². The van der Waals surface area contributed by atoms with E-state index in [9.17, 15) is 4.79 Å². The van der Waals surface area contributed by atoms with Crippen LogP contribution in [0.25, 0.3) is 0 Å². The van der Waals surface area contributed by atoms with Crippen LogP contribution in [0.3, 0.4) is 0 Å². The van der Waals surface area contributed by atoms with Gasteiger partial charge in [-0.2, -0.15) is 0 Å². The maximum Gasteiger partial charge on any atom is 0.339 e. The first-order chi connectivity index (χ1) is 10.3. The standard InChI is InChI=1S/C17H18N2O2/c1-21-17(20)13-6-8-14(18-10-13)11-19-16-9-7-12-4-2-3-5-15(12)16/h2-6,8,10,16,19H,7,9,11H2,1H3. The molecule has 1 unspecified atom stereocenters. The number of esters is 1. The Kier molecular flexibility index (Phi) is 3.97. The van der Waals surface area contributed by atoms with Crippen LogP contribution in [0, 0.1) is 0 Å².